The number of anilines is 1. The zero-order valence-electron chi connectivity index (χ0n) is 24.4. The van der Waals surface area contributed by atoms with Gasteiger partial charge in [0.1, 0.15) is 11.9 Å². The third kappa shape index (κ3) is 6.57. The highest BCUT2D eigenvalue weighted by molar-refractivity contribution is 7.93. The maximum absolute atomic E-state index is 14.8. The van der Waals surface area contributed by atoms with Crippen molar-refractivity contribution < 1.29 is 22.4 Å². The van der Waals surface area contributed by atoms with E-state index >= 15 is 0 Å². The number of sulfonamides is 1. The van der Waals surface area contributed by atoms with E-state index in [4.69, 9.17) is 0 Å². The van der Waals surface area contributed by atoms with Crippen molar-refractivity contribution in [2.24, 2.45) is 5.92 Å². The molecule has 2 amide bonds. The Balaban J connectivity index is 1.40. The van der Waals surface area contributed by atoms with Gasteiger partial charge < -0.3 is 10.2 Å². The van der Waals surface area contributed by atoms with Crippen molar-refractivity contribution >= 4 is 38.3 Å². The average molecular weight is 602 g/mol. The van der Waals surface area contributed by atoms with Crippen LogP contribution in [0, 0.1) is 11.7 Å². The Labute approximate surface area is 252 Å². The highest BCUT2D eigenvalue weighted by Crippen LogP contribution is 2.42. The summed E-state index contributed by atoms with van der Waals surface area (Å²) in [5.74, 6) is -0.925. The summed E-state index contributed by atoms with van der Waals surface area (Å²) in [4.78, 5) is 29.2. The fraction of sp³-hybridized carbons (Fsp3) is 0.294. The molecule has 1 aliphatic rings. The fourth-order valence-corrected chi connectivity index (χ4v) is 7.25. The lowest BCUT2D eigenvalue weighted by Gasteiger charge is -2.32. The molecule has 0 spiro atoms. The van der Waals surface area contributed by atoms with Crippen molar-refractivity contribution in [2.75, 3.05) is 17.4 Å². The van der Waals surface area contributed by atoms with E-state index in [-0.39, 0.29) is 55.0 Å². The predicted molar refractivity (Wildman–Crippen MR) is 166 cm³/mol. The molecular weight excluding hydrogens is 565 g/mol. The van der Waals surface area contributed by atoms with Crippen LogP contribution >= 0.6 is 0 Å². The molecule has 1 heterocycles. The Morgan fingerprint density at radius 3 is 2.33 bits per heavy atom. The zero-order chi connectivity index (χ0) is 30.6. The number of carbonyl (C=O) groups is 2. The first kappa shape index (κ1) is 30.2. The number of nitrogens with zero attached hydrogens (tertiary/aromatic N) is 2. The van der Waals surface area contributed by atoms with Gasteiger partial charge in [-0.1, -0.05) is 86.6 Å². The highest BCUT2D eigenvalue weighted by atomic mass is 32.2. The van der Waals surface area contributed by atoms with E-state index in [1.165, 1.54) is 15.3 Å². The van der Waals surface area contributed by atoms with Crippen molar-refractivity contribution in [3.8, 4) is 0 Å². The van der Waals surface area contributed by atoms with Gasteiger partial charge in [-0.15, -0.1) is 0 Å². The number of benzene rings is 4. The van der Waals surface area contributed by atoms with Gasteiger partial charge in [-0.25, -0.2) is 12.8 Å². The van der Waals surface area contributed by atoms with E-state index < -0.39 is 21.9 Å². The first-order chi connectivity index (χ1) is 20.7. The highest BCUT2D eigenvalue weighted by Gasteiger charge is 2.36. The molecule has 0 aliphatic carbocycles. The van der Waals surface area contributed by atoms with Crippen LogP contribution in [0.25, 0.3) is 10.8 Å². The van der Waals surface area contributed by atoms with E-state index in [1.807, 2.05) is 62.4 Å². The topological polar surface area (TPSA) is 86.8 Å². The van der Waals surface area contributed by atoms with Gasteiger partial charge in [0.15, 0.2) is 0 Å². The second-order valence-corrected chi connectivity index (χ2v) is 13.1. The Hall–Kier alpha value is -4.24. The van der Waals surface area contributed by atoms with Crippen LogP contribution in [0.2, 0.25) is 0 Å². The third-order valence-corrected chi connectivity index (χ3v) is 9.54. The second-order valence-electron chi connectivity index (χ2n) is 11.3. The van der Waals surface area contributed by atoms with Gasteiger partial charge in [0, 0.05) is 43.4 Å². The number of nitrogens with one attached hydrogen (secondary N) is 1. The monoisotopic (exact) mass is 601 g/mol. The predicted octanol–water partition coefficient (Wildman–Crippen LogP) is 5.68. The van der Waals surface area contributed by atoms with Crippen LogP contribution in [-0.2, 0) is 32.6 Å². The number of carbonyl (C=O) groups excluding carboxylic acids is 2. The van der Waals surface area contributed by atoms with Gasteiger partial charge in [0.05, 0.1) is 10.6 Å². The molecule has 224 valence electrons. The molecule has 43 heavy (non-hydrogen) atoms. The molecule has 0 aromatic heterocycles. The van der Waals surface area contributed by atoms with Gasteiger partial charge in [0.25, 0.3) is 10.0 Å². The quantitative estimate of drug-likeness (QED) is 0.226. The standard InChI is InChI=1S/C34H36FN3O4S/c1-24(2)22-36-34(40)30(21-25-11-4-3-5-12-25)37(23-27-13-6-7-16-28(27)35)32(39)19-10-20-38-29-17-8-14-26-15-9-18-31(33(26)29)43(38,41)42/h3-9,11-18,24,30H,10,19-23H2,1-2H3,(H,36,40)/t30-/m1/s1. The lowest BCUT2D eigenvalue weighted by molar-refractivity contribution is -0.141. The van der Waals surface area contributed by atoms with E-state index in [0.29, 0.717) is 23.2 Å². The summed E-state index contributed by atoms with van der Waals surface area (Å²) in [6, 6.07) is 25.4. The molecule has 0 radical (unpaired) electrons. The minimum absolute atomic E-state index is 0.0183. The minimum Gasteiger partial charge on any atom is -0.354 e. The number of amides is 2. The number of hydrogen-bond donors (Lipinski definition) is 1. The normalized spacial score (nSPS) is 14.2. The summed E-state index contributed by atoms with van der Waals surface area (Å²) in [5.41, 5.74) is 1.76. The Morgan fingerprint density at radius 1 is 0.907 bits per heavy atom. The molecule has 1 atom stereocenters. The fourth-order valence-electron chi connectivity index (χ4n) is 5.50. The summed E-state index contributed by atoms with van der Waals surface area (Å²) in [6.07, 6.45) is 0.459. The molecule has 1 aliphatic heterocycles. The molecule has 0 unspecified atom stereocenters. The number of rotatable bonds is 12. The summed E-state index contributed by atoms with van der Waals surface area (Å²) in [5, 5.41) is 4.48. The van der Waals surface area contributed by atoms with Crippen LogP contribution in [0.5, 0.6) is 0 Å². The number of hydrogen-bond acceptors (Lipinski definition) is 4. The van der Waals surface area contributed by atoms with Gasteiger partial charge >= 0.3 is 0 Å². The van der Waals surface area contributed by atoms with Gasteiger partial charge in [-0.2, -0.15) is 0 Å². The summed E-state index contributed by atoms with van der Waals surface area (Å²) >= 11 is 0. The Bertz CT molecular complexity index is 1720. The molecule has 7 nitrogen and oxygen atoms in total. The third-order valence-electron chi connectivity index (χ3n) is 7.69. The van der Waals surface area contributed by atoms with Crippen LogP contribution in [-0.4, -0.2) is 44.3 Å². The van der Waals surface area contributed by atoms with E-state index in [2.05, 4.69) is 5.32 Å². The lowest BCUT2D eigenvalue weighted by atomic mass is 10.0. The van der Waals surface area contributed by atoms with Crippen molar-refractivity contribution in [1.29, 1.82) is 0 Å². The van der Waals surface area contributed by atoms with Crippen LogP contribution in [0.15, 0.2) is 95.9 Å². The van der Waals surface area contributed by atoms with E-state index in [1.54, 1.807) is 36.4 Å². The van der Waals surface area contributed by atoms with E-state index in [0.717, 1.165) is 10.9 Å². The maximum atomic E-state index is 14.8. The zero-order valence-corrected chi connectivity index (χ0v) is 25.2. The average Bonchev–Trinajstić information content (AvgIpc) is 3.22. The molecule has 0 bridgehead atoms. The molecule has 5 rings (SSSR count). The van der Waals surface area contributed by atoms with Crippen LogP contribution in [0.3, 0.4) is 0 Å². The first-order valence-corrected chi connectivity index (χ1v) is 16.0. The smallest absolute Gasteiger partial charge is 0.265 e. The lowest BCUT2D eigenvalue weighted by Crippen LogP contribution is -2.51. The van der Waals surface area contributed by atoms with E-state index in [9.17, 15) is 22.4 Å². The molecule has 4 aromatic carbocycles. The second kappa shape index (κ2) is 13.0. The SMILES string of the molecule is CC(C)CNC(=O)[C@@H](Cc1ccccc1)N(Cc1ccccc1F)C(=O)CCCN1c2cccc3cccc(c23)S1(=O)=O. The first-order valence-electron chi connectivity index (χ1n) is 14.6. The van der Waals surface area contributed by atoms with Gasteiger partial charge in [0.2, 0.25) is 11.8 Å². The molecule has 0 saturated carbocycles. The summed E-state index contributed by atoms with van der Waals surface area (Å²) in [7, 11) is -3.76. The molecule has 0 saturated heterocycles. The molecular formula is C34H36FN3O4S. The Morgan fingerprint density at radius 2 is 1.60 bits per heavy atom. The summed E-state index contributed by atoms with van der Waals surface area (Å²) < 4.78 is 43.0. The number of halogens is 1. The largest absolute Gasteiger partial charge is 0.354 e. The van der Waals surface area contributed by atoms with Crippen LogP contribution in [0.4, 0.5) is 10.1 Å². The van der Waals surface area contributed by atoms with Crippen molar-refractivity contribution in [1.82, 2.24) is 10.2 Å². The van der Waals surface area contributed by atoms with Crippen LogP contribution < -0.4 is 9.62 Å². The van der Waals surface area contributed by atoms with Crippen molar-refractivity contribution in [3.63, 3.8) is 0 Å². The molecule has 4 aromatic rings. The van der Waals surface area contributed by atoms with Gasteiger partial charge in [-0.05, 0) is 41.5 Å². The molecule has 0 fully saturated rings. The molecule has 1 N–H and O–H groups in total. The summed E-state index contributed by atoms with van der Waals surface area (Å²) in [6.45, 7) is 4.41. The molecule has 9 heteroatoms. The Kier molecular flexibility index (Phi) is 9.11. The minimum atomic E-state index is -3.76. The van der Waals surface area contributed by atoms with Crippen LogP contribution in [0.1, 0.15) is 37.8 Å². The van der Waals surface area contributed by atoms with Crippen molar-refractivity contribution in [2.45, 2.75) is 50.6 Å². The van der Waals surface area contributed by atoms with Crippen molar-refractivity contribution in [3.05, 3.63) is 108 Å². The maximum Gasteiger partial charge on any atom is 0.265 e. The van der Waals surface area contributed by atoms with Gasteiger partial charge in [-0.3, -0.25) is 13.9 Å².